The fraction of sp³-hybridized carbons (Fsp3) is 0.538. The molecule has 0 amide bonds. The summed E-state index contributed by atoms with van der Waals surface area (Å²) < 4.78 is 27.4. The van der Waals surface area contributed by atoms with Gasteiger partial charge in [0.25, 0.3) is 0 Å². The van der Waals surface area contributed by atoms with Crippen molar-refractivity contribution in [2.75, 3.05) is 0 Å². The number of rotatable bonds is 5. The van der Waals surface area contributed by atoms with E-state index in [0.29, 0.717) is 23.2 Å². The molecule has 0 aliphatic heterocycles. The molecule has 17 heavy (non-hydrogen) atoms. The Morgan fingerprint density at radius 1 is 1.29 bits per heavy atom. The highest BCUT2D eigenvalue weighted by molar-refractivity contribution is 9.10. The standard InChI is InChI=1S/C13H18BrF2N/c1-8(2)12(17)5-3-4-9-11(15)7-6-10(14)13(9)16/h6-8,12H,3-5,17H2,1-2H3. The normalized spacial score (nSPS) is 13.1. The van der Waals surface area contributed by atoms with E-state index in [1.807, 2.05) is 13.8 Å². The average Bonchev–Trinajstić information content (AvgIpc) is 2.28. The summed E-state index contributed by atoms with van der Waals surface area (Å²) in [5.74, 6) is -0.584. The minimum atomic E-state index is -0.497. The van der Waals surface area contributed by atoms with Gasteiger partial charge >= 0.3 is 0 Å². The lowest BCUT2D eigenvalue weighted by Gasteiger charge is -2.15. The summed E-state index contributed by atoms with van der Waals surface area (Å²) >= 11 is 3.06. The van der Waals surface area contributed by atoms with Gasteiger partial charge in [0.2, 0.25) is 0 Å². The van der Waals surface area contributed by atoms with Gasteiger partial charge in [-0.05, 0) is 53.2 Å². The Balaban J connectivity index is 2.61. The van der Waals surface area contributed by atoms with Crippen molar-refractivity contribution in [2.45, 2.75) is 39.2 Å². The Hall–Kier alpha value is -0.480. The summed E-state index contributed by atoms with van der Waals surface area (Å²) in [4.78, 5) is 0. The molecule has 0 aromatic heterocycles. The van der Waals surface area contributed by atoms with Gasteiger partial charge < -0.3 is 5.73 Å². The van der Waals surface area contributed by atoms with E-state index < -0.39 is 11.6 Å². The van der Waals surface area contributed by atoms with E-state index in [0.717, 1.165) is 6.42 Å². The minimum absolute atomic E-state index is 0.0910. The van der Waals surface area contributed by atoms with Crippen molar-refractivity contribution >= 4 is 15.9 Å². The van der Waals surface area contributed by atoms with Crippen LogP contribution >= 0.6 is 15.9 Å². The topological polar surface area (TPSA) is 26.0 Å². The second kappa shape index (κ2) is 6.45. The molecule has 1 atom stereocenters. The van der Waals surface area contributed by atoms with E-state index in [2.05, 4.69) is 15.9 Å². The molecule has 0 bridgehead atoms. The lowest BCUT2D eigenvalue weighted by molar-refractivity contribution is 0.446. The van der Waals surface area contributed by atoms with Crippen molar-refractivity contribution in [1.29, 1.82) is 0 Å². The summed E-state index contributed by atoms with van der Waals surface area (Å²) in [5, 5.41) is 0. The first-order valence-electron chi connectivity index (χ1n) is 5.81. The van der Waals surface area contributed by atoms with Crippen molar-refractivity contribution in [3.63, 3.8) is 0 Å². The zero-order valence-corrected chi connectivity index (χ0v) is 11.7. The molecule has 2 N–H and O–H groups in total. The van der Waals surface area contributed by atoms with Crippen LogP contribution in [0.1, 0.15) is 32.3 Å². The minimum Gasteiger partial charge on any atom is -0.327 e. The van der Waals surface area contributed by atoms with Crippen LogP contribution in [0.25, 0.3) is 0 Å². The molecule has 1 rings (SSSR count). The van der Waals surface area contributed by atoms with Crippen LogP contribution in [-0.4, -0.2) is 6.04 Å². The van der Waals surface area contributed by atoms with Crippen molar-refractivity contribution in [3.05, 3.63) is 33.8 Å². The molecule has 1 unspecified atom stereocenters. The van der Waals surface area contributed by atoms with Crippen LogP contribution in [0.4, 0.5) is 8.78 Å². The maximum atomic E-state index is 13.6. The van der Waals surface area contributed by atoms with Crippen LogP contribution < -0.4 is 5.73 Å². The van der Waals surface area contributed by atoms with E-state index in [1.54, 1.807) is 0 Å². The average molecular weight is 306 g/mol. The SMILES string of the molecule is CC(C)C(N)CCCc1c(F)ccc(Br)c1F. The molecule has 1 nitrogen and oxygen atoms in total. The van der Waals surface area contributed by atoms with Crippen LogP contribution in [0, 0.1) is 17.6 Å². The largest absolute Gasteiger partial charge is 0.327 e. The van der Waals surface area contributed by atoms with Crippen molar-refractivity contribution in [3.8, 4) is 0 Å². The van der Waals surface area contributed by atoms with Gasteiger partial charge in [-0.15, -0.1) is 0 Å². The smallest absolute Gasteiger partial charge is 0.143 e. The molecule has 0 aliphatic carbocycles. The number of nitrogens with two attached hydrogens (primary N) is 1. The van der Waals surface area contributed by atoms with Gasteiger partial charge in [0.15, 0.2) is 0 Å². The fourth-order valence-electron chi connectivity index (χ4n) is 1.65. The van der Waals surface area contributed by atoms with Crippen LogP contribution in [-0.2, 0) is 6.42 Å². The summed E-state index contributed by atoms with van der Waals surface area (Å²) in [6.07, 6.45) is 1.87. The third-order valence-corrected chi connectivity index (χ3v) is 3.57. The molecule has 0 saturated heterocycles. The van der Waals surface area contributed by atoms with Crippen LogP contribution in [0.15, 0.2) is 16.6 Å². The molecule has 1 aromatic rings. The van der Waals surface area contributed by atoms with E-state index in [4.69, 9.17) is 5.73 Å². The lowest BCUT2D eigenvalue weighted by atomic mass is 9.97. The predicted molar refractivity (Wildman–Crippen MR) is 69.8 cm³/mol. The van der Waals surface area contributed by atoms with Gasteiger partial charge in [-0.2, -0.15) is 0 Å². The maximum absolute atomic E-state index is 13.6. The lowest BCUT2D eigenvalue weighted by Crippen LogP contribution is -2.26. The maximum Gasteiger partial charge on any atom is 0.143 e. The number of benzene rings is 1. The summed E-state index contributed by atoms with van der Waals surface area (Å²) in [6, 6.07) is 2.76. The quantitative estimate of drug-likeness (QED) is 0.817. The number of hydrogen-bond acceptors (Lipinski definition) is 1. The fourth-order valence-corrected chi connectivity index (χ4v) is 2.02. The Morgan fingerprint density at radius 3 is 2.53 bits per heavy atom. The highest BCUT2D eigenvalue weighted by atomic mass is 79.9. The van der Waals surface area contributed by atoms with Gasteiger partial charge in [-0.1, -0.05) is 13.8 Å². The summed E-state index contributed by atoms with van der Waals surface area (Å²) in [7, 11) is 0. The first-order chi connectivity index (χ1) is 7.93. The van der Waals surface area contributed by atoms with Crippen molar-refractivity contribution in [1.82, 2.24) is 0 Å². The van der Waals surface area contributed by atoms with Crippen LogP contribution in [0.3, 0.4) is 0 Å². The Morgan fingerprint density at radius 2 is 1.94 bits per heavy atom. The van der Waals surface area contributed by atoms with Gasteiger partial charge in [0.1, 0.15) is 11.6 Å². The van der Waals surface area contributed by atoms with Crippen LogP contribution in [0.5, 0.6) is 0 Å². The third kappa shape index (κ3) is 4.03. The third-order valence-electron chi connectivity index (χ3n) is 2.96. The van der Waals surface area contributed by atoms with Crippen LogP contribution in [0.2, 0.25) is 0 Å². The molecule has 1 aromatic carbocycles. The Bertz CT molecular complexity index is 380. The molecule has 0 saturated carbocycles. The zero-order valence-electron chi connectivity index (χ0n) is 10.1. The highest BCUT2D eigenvalue weighted by Gasteiger charge is 2.13. The van der Waals surface area contributed by atoms with E-state index in [9.17, 15) is 8.78 Å². The molecule has 96 valence electrons. The van der Waals surface area contributed by atoms with E-state index in [-0.39, 0.29) is 11.6 Å². The number of halogens is 3. The van der Waals surface area contributed by atoms with E-state index >= 15 is 0 Å². The predicted octanol–water partition coefficient (Wildman–Crippen LogP) is 4.03. The van der Waals surface area contributed by atoms with Gasteiger partial charge in [-0.3, -0.25) is 0 Å². The second-order valence-corrected chi connectivity index (χ2v) is 5.48. The molecular weight excluding hydrogens is 288 g/mol. The summed E-state index contributed by atoms with van der Waals surface area (Å²) in [6.45, 7) is 4.09. The molecular formula is C13H18BrF2N. The molecule has 0 radical (unpaired) electrons. The monoisotopic (exact) mass is 305 g/mol. The Kier molecular flexibility index (Phi) is 5.53. The van der Waals surface area contributed by atoms with Gasteiger partial charge in [0.05, 0.1) is 4.47 Å². The summed E-state index contributed by atoms with van der Waals surface area (Å²) in [5.41, 5.74) is 6.04. The first-order valence-corrected chi connectivity index (χ1v) is 6.60. The molecule has 0 heterocycles. The second-order valence-electron chi connectivity index (χ2n) is 4.62. The first kappa shape index (κ1) is 14.6. The molecule has 4 heteroatoms. The van der Waals surface area contributed by atoms with Crippen molar-refractivity contribution < 1.29 is 8.78 Å². The highest BCUT2D eigenvalue weighted by Crippen LogP contribution is 2.23. The van der Waals surface area contributed by atoms with Gasteiger partial charge in [-0.25, -0.2) is 8.78 Å². The molecule has 0 fully saturated rings. The van der Waals surface area contributed by atoms with Crippen molar-refractivity contribution in [2.24, 2.45) is 11.7 Å². The zero-order chi connectivity index (χ0) is 13.0. The van der Waals surface area contributed by atoms with Gasteiger partial charge in [0, 0.05) is 11.6 Å². The number of hydrogen-bond donors (Lipinski definition) is 1. The molecule has 0 aliphatic rings. The van der Waals surface area contributed by atoms with E-state index in [1.165, 1.54) is 12.1 Å². The Labute approximate surface area is 110 Å². The molecule has 0 spiro atoms.